The number of nitrogens with one attached hydrogen (secondary N) is 1. The monoisotopic (exact) mass is 281 g/mol. The first kappa shape index (κ1) is 14.8. The zero-order valence-electron chi connectivity index (χ0n) is 12.6. The number of hydrogen-bond donors (Lipinski definition) is 1. The number of nitrogens with zero attached hydrogens (tertiary/aromatic N) is 4. The number of hydrogen-bond acceptors (Lipinski definition) is 5. The molecule has 2 aromatic rings. The van der Waals surface area contributed by atoms with Crippen molar-refractivity contribution in [2.45, 2.75) is 20.3 Å². The van der Waals surface area contributed by atoms with Crippen LogP contribution in [0.3, 0.4) is 0 Å². The molecular formula is C16H19N5. The van der Waals surface area contributed by atoms with E-state index in [-0.39, 0.29) is 0 Å². The van der Waals surface area contributed by atoms with Gasteiger partial charge in [0.15, 0.2) is 0 Å². The van der Waals surface area contributed by atoms with Gasteiger partial charge in [-0.05, 0) is 37.6 Å². The van der Waals surface area contributed by atoms with Crippen LogP contribution in [0.25, 0.3) is 0 Å². The van der Waals surface area contributed by atoms with Gasteiger partial charge >= 0.3 is 0 Å². The molecule has 0 fully saturated rings. The molecule has 5 nitrogen and oxygen atoms in total. The summed E-state index contributed by atoms with van der Waals surface area (Å²) in [7, 11) is 1.97. The van der Waals surface area contributed by atoms with Crippen LogP contribution >= 0.6 is 0 Å². The van der Waals surface area contributed by atoms with Crippen molar-refractivity contribution in [2.75, 3.05) is 23.8 Å². The first-order chi connectivity index (χ1) is 10.2. The van der Waals surface area contributed by atoms with Crippen LogP contribution in [-0.4, -0.2) is 23.6 Å². The van der Waals surface area contributed by atoms with Gasteiger partial charge in [-0.3, -0.25) is 0 Å². The summed E-state index contributed by atoms with van der Waals surface area (Å²) >= 11 is 0. The average Bonchev–Trinajstić information content (AvgIpc) is 2.54. The van der Waals surface area contributed by atoms with Crippen LogP contribution < -0.4 is 10.2 Å². The lowest BCUT2D eigenvalue weighted by Gasteiger charge is -2.22. The highest BCUT2D eigenvalue weighted by atomic mass is 15.2. The molecule has 0 atom stereocenters. The normalized spacial score (nSPS) is 10.0. The Morgan fingerprint density at radius 2 is 1.90 bits per heavy atom. The van der Waals surface area contributed by atoms with E-state index in [2.05, 4.69) is 28.3 Å². The van der Waals surface area contributed by atoms with Gasteiger partial charge in [0.05, 0.1) is 11.6 Å². The first-order valence-electron chi connectivity index (χ1n) is 7.02. The molecule has 0 unspecified atom stereocenters. The van der Waals surface area contributed by atoms with Crippen molar-refractivity contribution in [3.63, 3.8) is 0 Å². The van der Waals surface area contributed by atoms with Gasteiger partial charge in [-0.15, -0.1) is 0 Å². The van der Waals surface area contributed by atoms with Crippen molar-refractivity contribution in [3.05, 3.63) is 41.7 Å². The number of benzene rings is 1. The molecule has 0 saturated heterocycles. The maximum absolute atomic E-state index is 8.87. The van der Waals surface area contributed by atoms with Crippen LogP contribution in [0.5, 0.6) is 0 Å². The van der Waals surface area contributed by atoms with Crippen molar-refractivity contribution in [1.29, 1.82) is 5.26 Å². The summed E-state index contributed by atoms with van der Waals surface area (Å²) in [4.78, 5) is 10.7. The number of aromatic nitrogens is 2. The number of nitriles is 1. The van der Waals surface area contributed by atoms with E-state index in [4.69, 9.17) is 5.26 Å². The summed E-state index contributed by atoms with van der Waals surface area (Å²) in [5.74, 6) is 1.76. The molecule has 1 heterocycles. The smallest absolute Gasteiger partial charge is 0.141 e. The Morgan fingerprint density at radius 3 is 2.48 bits per heavy atom. The predicted molar refractivity (Wildman–Crippen MR) is 84.8 cm³/mol. The van der Waals surface area contributed by atoms with Crippen LogP contribution in [0.2, 0.25) is 0 Å². The van der Waals surface area contributed by atoms with Crippen LogP contribution in [0, 0.1) is 11.3 Å². The van der Waals surface area contributed by atoms with Crippen LogP contribution in [0.4, 0.5) is 17.3 Å². The third kappa shape index (κ3) is 3.11. The Labute approximate surface area is 125 Å². The summed E-state index contributed by atoms with van der Waals surface area (Å²) < 4.78 is 0. The van der Waals surface area contributed by atoms with E-state index in [9.17, 15) is 0 Å². The van der Waals surface area contributed by atoms with Gasteiger partial charge in [-0.25, -0.2) is 9.97 Å². The van der Waals surface area contributed by atoms with Crippen molar-refractivity contribution in [3.8, 4) is 6.07 Å². The summed E-state index contributed by atoms with van der Waals surface area (Å²) in [5.41, 5.74) is 2.73. The van der Waals surface area contributed by atoms with Gasteiger partial charge < -0.3 is 10.2 Å². The minimum absolute atomic E-state index is 0.652. The van der Waals surface area contributed by atoms with Crippen molar-refractivity contribution >= 4 is 17.3 Å². The van der Waals surface area contributed by atoms with E-state index in [1.807, 2.05) is 43.1 Å². The Bertz CT molecular complexity index is 643. The zero-order valence-corrected chi connectivity index (χ0v) is 12.6. The second-order valence-corrected chi connectivity index (χ2v) is 4.63. The third-order valence-electron chi connectivity index (χ3n) is 3.32. The van der Waals surface area contributed by atoms with Crippen LogP contribution in [0.1, 0.15) is 25.0 Å². The molecule has 1 aromatic carbocycles. The maximum Gasteiger partial charge on any atom is 0.141 e. The molecule has 0 aliphatic heterocycles. The molecule has 0 aliphatic carbocycles. The molecule has 1 N–H and O–H groups in total. The third-order valence-corrected chi connectivity index (χ3v) is 3.32. The summed E-state index contributed by atoms with van der Waals surface area (Å²) in [5, 5.41) is 12.1. The predicted octanol–water partition coefficient (Wildman–Crippen LogP) is 3.11. The Hall–Kier alpha value is -2.61. The fourth-order valence-corrected chi connectivity index (χ4v) is 2.22. The van der Waals surface area contributed by atoms with Crippen molar-refractivity contribution < 1.29 is 0 Å². The fourth-order valence-electron chi connectivity index (χ4n) is 2.22. The quantitative estimate of drug-likeness (QED) is 0.912. The topological polar surface area (TPSA) is 64.8 Å². The largest absolute Gasteiger partial charge is 0.370 e. The maximum atomic E-state index is 8.87. The van der Waals surface area contributed by atoms with Gasteiger partial charge in [-0.2, -0.15) is 5.26 Å². The summed E-state index contributed by atoms with van der Waals surface area (Å²) in [6.45, 7) is 4.96. The fraction of sp³-hybridized carbons (Fsp3) is 0.312. The molecule has 108 valence electrons. The van der Waals surface area contributed by atoms with Gasteiger partial charge in [0.1, 0.15) is 18.0 Å². The first-order valence-corrected chi connectivity index (χ1v) is 7.02. The molecule has 0 amide bonds. The lowest BCUT2D eigenvalue weighted by molar-refractivity contribution is 0.989. The highest BCUT2D eigenvalue weighted by molar-refractivity contribution is 5.67. The standard InChI is InChI=1S/C16H19N5/c1-4-14-15(18-5-2)19-11-20-16(14)21(3)13-8-6-12(10-17)7-9-13/h6-9,11H,4-5H2,1-3H3,(H,18,19,20). The average molecular weight is 281 g/mol. The minimum Gasteiger partial charge on any atom is -0.370 e. The molecule has 1 aromatic heterocycles. The Morgan fingerprint density at radius 1 is 1.19 bits per heavy atom. The minimum atomic E-state index is 0.652. The molecule has 0 saturated carbocycles. The molecule has 0 spiro atoms. The molecule has 0 bridgehead atoms. The number of rotatable bonds is 5. The Balaban J connectivity index is 2.40. The van der Waals surface area contributed by atoms with Crippen LogP contribution in [0.15, 0.2) is 30.6 Å². The van der Waals surface area contributed by atoms with E-state index in [1.54, 1.807) is 6.33 Å². The second-order valence-electron chi connectivity index (χ2n) is 4.63. The lowest BCUT2D eigenvalue weighted by Crippen LogP contribution is -2.16. The van der Waals surface area contributed by atoms with E-state index in [0.717, 1.165) is 35.9 Å². The molecule has 0 aliphatic rings. The highest BCUT2D eigenvalue weighted by Gasteiger charge is 2.14. The molecule has 0 radical (unpaired) electrons. The lowest BCUT2D eigenvalue weighted by atomic mass is 10.1. The van der Waals surface area contributed by atoms with Gasteiger partial charge in [0, 0.05) is 24.8 Å². The van der Waals surface area contributed by atoms with Gasteiger partial charge in [-0.1, -0.05) is 6.92 Å². The highest BCUT2D eigenvalue weighted by Crippen LogP contribution is 2.28. The van der Waals surface area contributed by atoms with Crippen LogP contribution in [-0.2, 0) is 6.42 Å². The second kappa shape index (κ2) is 6.71. The van der Waals surface area contributed by atoms with Crippen molar-refractivity contribution in [1.82, 2.24) is 9.97 Å². The van der Waals surface area contributed by atoms with Gasteiger partial charge in [0.2, 0.25) is 0 Å². The Kier molecular flexibility index (Phi) is 4.72. The van der Waals surface area contributed by atoms with E-state index in [1.165, 1.54) is 0 Å². The van der Waals surface area contributed by atoms with Gasteiger partial charge in [0.25, 0.3) is 0 Å². The molecular weight excluding hydrogens is 262 g/mol. The summed E-state index contributed by atoms with van der Waals surface area (Å²) in [6.07, 6.45) is 2.42. The van der Waals surface area contributed by atoms with E-state index in [0.29, 0.717) is 5.56 Å². The summed E-state index contributed by atoms with van der Waals surface area (Å²) in [6, 6.07) is 9.59. The molecule has 2 rings (SSSR count). The number of anilines is 3. The molecule has 21 heavy (non-hydrogen) atoms. The van der Waals surface area contributed by atoms with E-state index >= 15 is 0 Å². The zero-order chi connectivity index (χ0) is 15.2. The molecule has 5 heteroatoms. The van der Waals surface area contributed by atoms with Crippen molar-refractivity contribution in [2.24, 2.45) is 0 Å². The van der Waals surface area contributed by atoms with E-state index < -0.39 is 0 Å². The SMILES string of the molecule is CCNc1ncnc(N(C)c2ccc(C#N)cc2)c1CC.